The number of allylic oxidation sites excluding steroid dienone is 2. The van der Waals surface area contributed by atoms with Gasteiger partial charge in [-0.15, -0.1) is 0 Å². The van der Waals surface area contributed by atoms with Crippen molar-refractivity contribution in [3.05, 3.63) is 11.8 Å². The van der Waals surface area contributed by atoms with Crippen molar-refractivity contribution in [2.45, 2.75) is 26.2 Å². The van der Waals surface area contributed by atoms with Gasteiger partial charge in [-0.05, 0) is 18.8 Å². The zero-order chi connectivity index (χ0) is 7.84. The molecule has 1 amide bonds. The summed E-state index contributed by atoms with van der Waals surface area (Å²) in [6.45, 7) is 3.17. The van der Waals surface area contributed by atoms with Crippen LogP contribution in [0.4, 0.5) is 0 Å². The first-order valence-corrected chi connectivity index (χ1v) is 4.28. The Morgan fingerprint density at radius 1 is 1.55 bits per heavy atom. The molecular formula is C9H13NO. The second-order valence-electron chi connectivity index (χ2n) is 3.47. The zero-order valence-corrected chi connectivity index (χ0v) is 6.84. The molecular weight excluding hydrogens is 138 g/mol. The number of carbonyl (C=O) groups excluding carboxylic acids is 1. The van der Waals surface area contributed by atoms with Crippen LogP contribution in [0, 0.1) is 5.92 Å². The molecule has 0 aromatic rings. The average Bonchev–Trinajstić information content (AvgIpc) is 2.32. The van der Waals surface area contributed by atoms with E-state index >= 15 is 0 Å². The van der Waals surface area contributed by atoms with E-state index < -0.39 is 0 Å². The van der Waals surface area contributed by atoms with Gasteiger partial charge in [0.25, 0.3) is 0 Å². The highest BCUT2D eigenvalue weighted by atomic mass is 16.2. The summed E-state index contributed by atoms with van der Waals surface area (Å²) in [6.07, 6.45) is 5.09. The molecule has 1 atom stereocenters. The van der Waals surface area contributed by atoms with Crippen LogP contribution in [-0.4, -0.2) is 17.4 Å². The molecule has 0 spiro atoms. The molecule has 11 heavy (non-hydrogen) atoms. The van der Waals surface area contributed by atoms with Gasteiger partial charge in [0.15, 0.2) is 0 Å². The molecule has 2 aliphatic rings. The molecule has 2 nitrogen and oxygen atoms in total. The van der Waals surface area contributed by atoms with E-state index in [1.807, 2.05) is 4.90 Å². The largest absolute Gasteiger partial charge is 0.316 e. The van der Waals surface area contributed by atoms with Gasteiger partial charge >= 0.3 is 0 Å². The monoisotopic (exact) mass is 151 g/mol. The summed E-state index contributed by atoms with van der Waals surface area (Å²) in [4.78, 5) is 13.1. The van der Waals surface area contributed by atoms with E-state index in [0.29, 0.717) is 11.8 Å². The van der Waals surface area contributed by atoms with Gasteiger partial charge in [-0.1, -0.05) is 13.0 Å². The fourth-order valence-electron chi connectivity index (χ4n) is 1.85. The number of carbonyl (C=O) groups is 1. The molecule has 0 saturated carbocycles. The summed E-state index contributed by atoms with van der Waals surface area (Å²) in [6, 6.07) is 0. The molecule has 0 bridgehead atoms. The minimum absolute atomic E-state index is 0.322. The summed E-state index contributed by atoms with van der Waals surface area (Å²) in [5, 5.41) is 0. The number of hydrogen-bond acceptors (Lipinski definition) is 1. The first kappa shape index (κ1) is 6.89. The van der Waals surface area contributed by atoms with Crippen LogP contribution in [0.2, 0.25) is 0 Å². The van der Waals surface area contributed by atoms with Crippen molar-refractivity contribution < 1.29 is 4.79 Å². The van der Waals surface area contributed by atoms with Crippen molar-refractivity contribution in [2.75, 3.05) is 6.54 Å². The van der Waals surface area contributed by atoms with E-state index in [0.717, 1.165) is 25.8 Å². The van der Waals surface area contributed by atoms with Crippen LogP contribution < -0.4 is 0 Å². The molecule has 0 radical (unpaired) electrons. The van der Waals surface area contributed by atoms with Gasteiger partial charge in [-0.2, -0.15) is 0 Å². The standard InChI is InChI=1S/C9H13NO/c1-7-4-5-10-8(6-7)2-3-9(10)11/h6-7H,2-5H2,1H3. The van der Waals surface area contributed by atoms with E-state index in [1.165, 1.54) is 5.70 Å². The molecule has 2 heterocycles. The molecule has 2 heteroatoms. The predicted octanol–water partition coefficient (Wildman–Crippen LogP) is 1.53. The second kappa shape index (κ2) is 2.36. The smallest absolute Gasteiger partial charge is 0.227 e. The van der Waals surface area contributed by atoms with Gasteiger partial charge in [0, 0.05) is 18.7 Å². The first-order chi connectivity index (χ1) is 5.27. The summed E-state index contributed by atoms with van der Waals surface area (Å²) in [7, 11) is 0. The van der Waals surface area contributed by atoms with E-state index in [-0.39, 0.29) is 0 Å². The molecule has 0 aromatic carbocycles. The third-order valence-electron chi connectivity index (χ3n) is 2.53. The van der Waals surface area contributed by atoms with Gasteiger partial charge in [0.1, 0.15) is 0 Å². The molecule has 0 N–H and O–H groups in total. The van der Waals surface area contributed by atoms with Crippen LogP contribution in [0.5, 0.6) is 0 Å². The summed E-state index contributed by atoms with van der Waals surface area (Å²) in [5.74, 6) is 0.996. The molecule has 2 aliphatic heterocycles. The van der Waals surface area contributed by atoms with E-state index in [4.69, 9.17) is 0 Å². The fourth-order valence-corrected chi connectivity index (χ4v) is 1.85. The number of fused-ring (bicyclic) bond motifs is 1. The van der Waals surface area contributed by atoms with Crippen molar-refractivity contribution in [2.24, 2.45) is 5.92 Å². The van der Waals surface area contributed by atoms with Gasteiger partial charge in [-0.3, -0.25) is 4.79 Å². The Labute approximate surface area is 66.9 Å². The minimum atomic E-state index is 0.322. The van der Waals surface area contributed by atoms with E-state index in [9.17, 15) is 4.79 Å². The van der Waals surface area contributed by atoms with Crippen molar-refractivity contribution in [3.8, 4) is 0 Å². The second-order valence-corrected chi connectivity index (χ2v) is 3.47. The molecule has 60 valence electrons. The SMILES string of the molecule is CC1C=C2CCC(=O)N2CC1. The first-order valence-electron chi connectivity index (χ1n) is 4.28. The maximum absolute atomic E-state index is 11.2. The van der Waals surface area contributed by atoms with Crippen molar-refractivity contribution in [3.63, 3.8) is 0 Å². The molecule has 1 fully saturated rings. The minimum Gasteiger partial charge on any atom is -0.316 e. The fraction of sp³-hybridized carbons (Fsp3) is 0.667. The normalized spacial score (nSPS) is 30.3. The van der Waals surface area contributed by atoms with E-state index in [2.05, 4.69) is 13.0 Å². The lowest BCUT2D eigenvalue weighted by Crippen LogP contribution is -2.28. The van der Waals surface area contributed by atoms with Crippen LogP contribution in [0.3, 0.4) is 0 Å². The van der Waals surface area contributed by atoms with Crippen LogP contribution in [0.1, 0.15) is 26.2 Å². The lowest BCUT2D eigenvalue weighted by Gasteiger charge is -2.25. The molecule has 0 aromatic heterocycles. The van der Waals surface area contributed by atoms with Gasteiger partial charge < -0.3 is 4.90 Å². The number of rotatable bonds is 0. The quantitative estimate of drug-likeness (QED) is 0.514. The van der Waals surface area contributed by atoms with Gasteiger partial charge in [0.2, 0.25) is 5.91 Å². The Balaban J connectivity index is 2.24. The van der Waals surface area contributed by atoms with E-state index in [1.54, 1.807) is 0 Å². The molecule has 1 saturated heterocycles. The number of hydrogen-bond donors (Lipinski definition) is 0. The zero-order valence-electron chi connectivity index (χ0n) is 6.84. The predicted molar refractivity (Wildman–Crippen MR) is 42.8 cm³/mol. The highest BCUT2D eigenvalue weighted by Gasteiger charge is 2.28. The Hall–Kier alpha value is -0.790. The number of amides is 1. The molecule has 0 aliphatic carbocycles. The van der Waals surface area contributed by atoms with Crippen molar-refractivity contribution >= 4 is 5.91 Å². The summed E-state index contributed by atoms with van der Waals surface area (Å²) < 4.78 is 0. The Bertz CT molecular complexity index is 220. The Morgan fingerprint density at radius 2 is 2.36 bits per heavy atom. The maximum Gasteiger partial charge on any atom is 0.227 e. The lowest BCUT2D eigenvalue weighted by atomic mass is 10.0. The third kappa shape index (κ3) is 1.06. The topological polar surface area (TPSA) is 20.3 Å². The van der Waals surface area contributed by atoms with Crippen molar-refractivity contribution in [1.82, 2.24) is 4.90 Å². The maximum atomic E-state index is 11.2. The lowest BCUT2D eigenvalue weighted by molar-refractivity contribution is -0.127. The Morgan fingerprint density at radius 3 is 3.18 bits per heavy atom. The summed E-state index contributed by atoms with van der Waals surface area (Å²) in [5.41, 5.74) is 1.27. The highest BCUT2D eigenvalue weighted by molar-refractivity contribution is 5.81. The Kier molecular flexibility index (Phi) is 1.48. The van der Waals surface area contributed by atoms with Gasteiger partial charge in [0.05, 0.1) is 0 Å². The number of nitrogens with zero attached hydrogens (tertiary/aromatic N) is 1. The highest BCUT2D eigenvalue weighted by Crippen LogP contribution is 2.28. The van der Waals surface area contributed by atoms with Crippen LogP contribution in [-0.2, 0) is 4.79 Å². The molecule has 2 rings (SSSR count). The summed E-state index contributed by atoms with van der Waals surface area (Å²) >= 11 is 0. The van der Waals surface area contributed by atoms with Crippen LogP contribution in [0.15, 0.2) is 11.8 Å². The van der Waals surface area contributed by atoms with Crippen LogP contribution in [0.25, 0.3) is 0 Å². The molecule has 1 unspecified atom stereocenters. The average molecular weight is 151 g/mol. The van der Waals surface area contributed by atoms with Crippen LogP contribution >= 0.6 is 0 Å². The van der Waals surface area contributed by atoms with Gasteiger partial charge in [-0.25, -0.2) is 0 Å². The third-order valence-corrected chi connectivity index (χ3v) is 2.53. The van der Waals surface area contributed by atoms with Crippen molar-refractivity contribution in [1.29, 1.82) is 0 Å².